The lowest BCUT2D eigenvalue weighted by molar-refractivity contribution is 0.436. The summed E-state index contributed by atoms with van der Waals surface area (Å²) in [4.78, 5) is 4.86. The van der Waals surface area contributed by atoms with E-state index in [1.54, 1.807) is 0 Å². The number of hydrogen-bond donors (Lipinski definition) is 0. The molecule has 0 saturated carbocycles. The van der Waals surface area contributed by atoms with Crippen molar-refractivity contribution in [3.8, 4) is 56.0 Å². The van der Waals surface area contributed by atoms with E-state index in [0.29, 0.717) is 0 Å². The van der Waals surface area contributed by atoms with Gasteiger partial charge in [-0.3, -0.25) is 0 Å². The van der Waals surface area contributed by atoms with Crippen molar-refractivity contribution < 1.29 is 4.74 Å². The van der Waals surface area contributed by atoms with Crippen LogP contribution in [0.25, 0.3) is 44.5 Å². The first-order chi connectivity index (χ1) is 32.6. The highest BCUT2D eigenvalue weighted by Crippen LogP contribution is 2.67. The Morgan fingerprint density at radius 2 is 0.621 bits per heavy atom. The third-order valence-corrected chi connectivity index (χ3v) is 14.0. The Kier molecular flexibility index (Phi) is 8.56. The summed E-state index contributed by atoms with van der Waals surface area (Å²) in [7, 11) is 0. The molecule has 1 heterocycles. The standard InChI is InChI=1S/C63H44N2O/c1-41-29-33-45(34-30-41)64(43-17-5-3-6-18-43)47-37-53-51-23-11-9-21-49(51)50-22-10-12-24-52(50)54-38-48(65(44-19-7-4-8-20-44)46-35-31-42(2)32-36-46)40-58-62(54)61(53)57(39-47)63(58)55-25-13-15-27-59(55)66-60-28-16-14-26-56(60)63/h3-40H,1-2H3. The van der Waals surface area contributed by atoms with Crippen LogP contribution in [-0.2, 0) is 5.41 Å². The number of benzene rings is 10. The summed E-state index contributed by atoms with van der Waals surface area (Å²) >= 11 is 0. The van der Waals surface area contributed by atoms with Crippen molar-refractivity contribution in [3.05, 3.63) is 264 Å². The number of para-hydroxylation sites is 4. The first kappa shape index (κ1) is 38.1. The van der Waals surface area contributed by atoms with Crippen LogP contribution in [0.2, 0.25) is 0 Å². The molecular formula is C63H44N2O. The molecule has 3 nitrogen and oxygen atoms in total. The molecule has 1 aliphatic heterocycles. The lowest BCUT2D eigenvalue weighted by Crippen LogP contribution is -2.32. The number of ether oxygens (including phenoxy) is 1. The fourth-order valence-corrected chi connectivity index (χ4v) is 11.1. The largest absolute Gasteiger partial charge is 0.457 e. The van der Waals surface area contributed by atoms with Gasteiger partial charge < -0.3 is 14.5 Å². The van der Waals surface area contributed by atoms with Gasteiger partial charge in [0, 0.05) is 45.3 Å². The minimum absolute atomic E-state index is 0.787. The molecule has 2 aliphatic carbocycles. The van der Waals surface area contributed by atoms with Gasteiger partial charge in [-0.15, -0.1) is 0 Å². The molecule has 1 spiro atoms. The molecular weight excluding hydrogens is 801 g/mol. The van der Waals surface area contributed by atoms with E-state index in [9.17, 15) is 0 Å². The number of fused-ring (bicyclic) bond motifs is 11. The van der Waals surface area contributed by atoms with Gasteiger partial charge in [-0.1, -0.05) is 157 Å². The molecule has 10 aromatic rings. The third kappa shape index (κ3) is 5.63. The highest BCUT2D eigenvalue weighted by atomic mass is 16.5. The Bertz CT molecular complexity index is 3290. The molecule has 0 bridgehead atoms. The molecule has 0 amide bonds. The van der Waals surface area contributed by atoms with Crippen LogP contribution in [0.15, 0.2) is 231 Å². The van der Waals surface area contributed by atoms with E-state index in [1.807, 2.05) is 0 Å². The Balaban J connectivity index is 1.24. The average Bonchev–Trinajstić information content (AvgIpc) is 3.65. The Hall–Kier alpha value is -8.40. The van der Waals surface area contributed by atoms with Crippen LogP contribution >= 0.6 is 0 Å². The summed E-state index contributed by atoms with van der Waals surface area (Å²) in [6, 6.07) is 84.9. The van der Waals surface area contributed by atoms with E-state index in [1.165, 1.54) is 66.8 Å². The van der Waals surface area contributed by atoms with Crippen molar-refractivity contribution in [1.29, 1.82) is 0 Å². The minimum atomic E-state index is -0.787. The fraction of sp³-hybridized carbons (Fsp3) is 0.0476. The van der Waals surface area contributed by atoms with Crippen LogP contribution in [0.3, 0.4) is 0 Å². The quantitative estimate of drug-likeness (QED) is 0.166. The van der Waals surface area contributed by atoms with Crippen LogP contribution in [0.1, 0.15) is 33.4 Å². The van der Waals surface area contributed by atoms with Crippen LogP contribution in [0.5, 0.6) is 11.5 Å². The molecule has 13 rings (SSSR count). The van der Waals surface area contributed by atoms with Crippen molar-refractivity contribution in [2.45, 2.75) is 19.3 Å². The predicted octanol–water partition coefficient (Wildman–Crippen LogP) is 17.0. The molecule has 312 valence electrons. The van der Waals surface area contributed by atoms with Gasteiger partial charge in [-0.05, 0) is 154 Å². The molecule has 0 radical (unpaired) electrons. The smallest absolute Gasteiger partial charge is 0.132 e. The monoisotopic (exact) mass is 844 g/mol. The van der Waals surface area contributed by atoms with Crippen LogP contribution in [-0.4, -0.2) is 0 Å². The number of rotatable bonds is 6. The molecule has 0 aromatic heterocycles. The lowest BCUT2D eigenvalue weighted by Gasteiger charge is -2.40. The summed E-state index contributed by atoms with van der Waals surface area (Å²) in [5, 5.41) is 0. The molecule has 0 atom stereocenters. The molecule has 0 N–H and O–H groups in total. The van der Waals surface area contributed by atoms with E-state index in [-0.39, 0.29) is 0 Å². The van der Waals surface area contributed by atoms with Gasteiger partial charge in [0.1, 0.15) is 11.5 Å². The number of hydrogen-bond acceptors (Lipinski definition) is 3. The topological polar surface area (TPSA) is 15.7 Å². The van der Waals surface area contributed by atoms with Gasteiger partial charge in [0.2, 0.25) is 0 Å². The first-order valence-corrected chi connectivity index (χ1v) is 22.8. The van der Waals surface area contributed by atoms with Crippen LogP contribution in [0.4, 0.5) is 34.1 Å². The molecule has 10 aromatic carbocycles. The van der Waals surface area contributed by atoms with Gasteiger partial charge in [0.15, 0.2) is 0 Å². The zero-order valence-corrected chi connectivity index (χ0v) is 36.7. The summed E-state index contributed by atoms with van der Waals surface area (Å²) in [5.41, 5.74) is 22.7. The SMILES string of the molecule is Cc1ccc(N(c2ccccc2)c2cc3c4c(c2)C2(c5ccccc5Oc5ccccc52)c2cc(N(c5ccccc5)c5ccc(C)cc5)cc(c2-4)-c2ccccc2-c2ccccc2-3)cc1. The van der Waals surface area contributed by atoms with Gasteiger partial charge in [-0.2, -0.15) is 0 Å². The average molecular weight is 845 g/mol. The lowest BCUT2D eigenvalue weighted by atomic mass is 9.65. The molecule has 0 unspecified atom stereocenters. The van der Waals surface area contributed by atoms with E-state index in [2.05, 4.69) is 254 Å². The molecule has 66 heavy (non-hydrogen) atoms. The van der Waals surface area contributed by atoms with Crippen molar-refractivity contribution in [2.75, 3.05) is 9.80 Å². The molecule has 0 saturated heterocycles. The van der Waals surface area contributed by atoms with E-state index in [0.717, 1.165) is 56.8 Å². The van der Waals surface area contributed by atoms with Crippen molar-refractivity contribution in [3.63, 3.8) is 0 Å². The number of nitrogens with zero attached hydrogens (tertiary/aromatic N) is 2. The second-order valence-electron chi connectivity index (χ2n) is 17.8. The number of aryl methyl sites for hydroxylation is 2. The van der Waals surface area contributed by atoms with Crippen LogP contribution < -0.4 is 14.5 Å². The maximum absolute atomic E-state index is 6.97. The highest BCUT2D eigenvalue weighted by Gasteiger charge is 2.53. The molecule has 3 heteroatoms. The Morgan fingerprint density at radius 3 is 1.03 bits per heavy atom. The Labute approximate surface area is 386 Å². The van der Waals surface area contributed by atoms with Gasteiger partial charge >= 0.3 is 0 Å². The maximum atomic E-state index is 6.97. The fourth-order valence-electron chi connectivity index (χ4n) is 11.1. The normalized spacial score (nSPS) is 12.9. The highest BCUT2D eigenvalue weighted by molar-refractivity contribution is 6.11. The zero-order valence-electron chi connectivity index (χ0n) is 36.7. The number of anilines is 6. The second-order valence-corrected chi connectivity index (χ2v) is 17.8. The summed E-state index contributed by atoms with van der Waals surface area (Å²) in [6.07, 6.45) is 0. The second kappa shape index (κ2) is 14.8. The summed E-state index contributed by atoms with van der Waals surface area (Å²) in [6.45, 7) is 4.31. The van der Waals surface area contributed by atoms with E-state index >= 15 is 0 Å². The summed E-state index contributed by atoms with van der Waals surface area (Å²) in [5.74, 6) is 1.72. The van der Waals surface area contributed by atoms with Crippen LogP contribution in [0, 0.1) is 13.8 Å². The van der Waals surface area contributed by atoms with Gasteiger partial charge in [0.25, 0.3) is 0 Å². The molecule has 0 fully saturated rings. The molecule has 3 aliphatic rings. The third-order valence-electron chi connectivity index (χ3n) is 14.0. The van der Waals surface area contributed by atoms with Gasteiger partial charge in [0.05, 0.1) is 5.41 Å². The van der Waals surface area contributed by atoms with E-state index < -0.39 is 5.41 Å². The van der Waals surface area contributed by atoms with Crippen molar-refractivity contribution in [1.82, 2.24) is 0 Å². The Morgan fingerprint density at radius 1 is 0.288 bits per heavy atom. The van der Waals surface area contributed by atoms with E-state index in [4.69, 9.17) is 4.74 Å². The van der Waals surface area contributed by atoms with Crippen molar-refractivity contribution >= 4 is 34.1 Å². The van der Waals surface area contributed by atoms with Crippen molar-refractivity contribution in [2.24, 2.45) is 0 Å². The zero-order chi connectivity index (χ0) is 43.9. The summed E-state index contributed by atoms with van der Waals surface area (Å²) < 4.78 is 6.97. The predicted molar refractivity (Wildman–Crippen MR) is 273 cm³/mol. The first-order valence-electron chi connectivity index (χ1n) is 22.8. The maximum Gasteiger partial charge on any atom is 0.132 e. The van der Waals surface area contributed by atoms with Gasteiger partial charge in [-0.25, -0.2) is 0 Å². The minimum Gasteiger partial charge on any atom is -0.457 e.